The van der Waals surface area contributed by atoms with Gasteiger partial charge < -0.3 is 15.6 Å². The number of aryl methyl sites for hydroxylation is 1. The van der Waals surface area contributed by atoms with E-state index in [4.69, 9.17) is 23.2 Å². The van der Waals surface area contributed by atoms with Crippen LogP contribution in [-0.4, -0.2) is 30.8 Å². The molecule has 0 spiro atoms. The second kappa shape index (κ2) is 10.7. The molecule has 3 aromatic rings. The van der Waals surface area contributed by atoms with Crippen molar-refractivity contribution in [1.82, 2.24) is 10.3 Å². The van der Waals surface area contributed by atoms with Crippen LogP contribution in [0.4, 0.5) is 5.69 Å². The minimum absolute atomic E-state index is 0.0684. The molecule has 0 saturated carbocycles. The number of allylic oxidation sites excluding steroid dienone is 1. The number of anilines is 1. The van der Waals surface area contributed by atoms with E-state index in [1.54, 1.807) is 11.8 Å². The van der Waals surface area contributed by atoms with Crippen molar-refractivity contribution >= 4 is 64.5 Å². The van der Waals surface area contributed by atoms with E-state index in [0.717, 1.165) is 57.8 Å². The molecule has 3 N–H and O–H groups in total. The van der Waals surface area contributed by atoms with Crippen LogP contribution >= 0.6 is 35.0 Å². The summed E-state index contributed by atoms with van der Waals surface area (Å²) in [5, 5.41) is 7.37. The predicted octanol–water partition coefficient (Wildman–Crippen LogP) is 6.38. The van der Waals surface area contributed by atoms with E-state index in [2.05, 4.69) is 15.6 Å². The average Bonchev–Trinajstić information content (AvgIpc) is 3.01. The molecule has 0 radical (unpaired) electrons. The second-order valence-corrected chi connectivity index (χ2v) is 9.90. The number of fused-ring (bicyclic) bond motifs is 1. The van der Waals surface area contributed by atoms with Crippen molar-refractivity contribution in [3.8, 4) is 0 Å². The van der Waals surface area contributed by atoms with Gasteiger partial charge in [0.25, 0.3) is 5.91 Å². The number of amides is 1. The number of hydrogen-bond acceptors (Lipinski definition) is 4. The lowest BCUT2D eigenvalue weighted by Gasteiger charge is -2.12. The van der Waals surface area contributed by atoms with Crippen molar-refractivity contribution in [3.63, 3.8) is 0 Å². The van der Waals surface area contributed by atoms with Crippen molar-refractivity contribution in [2.75, 3.05) is 18.9 Å². The number of hydrogen-bond donors (Lipinski definition) is 3. The van der Waals surface area contributed by atoms with Gasteiger partial charge in [-0.2, -0.15) is 0 Å². The fraction of sp³-hybridized carbons (Fsp3) is 0.231. The number of thioether (sulfide) groups is 1. The first kappa shape index (κ1) is 24.5. The van der Waals surface area contributed by atoms with Crippen LogP contribution in [0.3, 0.4) is 0 Å². The number of carbonyl (C=O) groups is 2. The maximum Gasteiger partial charge on any atom is 0.253 e. The highest BCUT2D eigenvalue weighted by atomic mass is 35.5. The van der Waals surface area contributed by atoms with Gasteiger partial charge in [0.1, 0.15) is 0 Å². The van der Waals surface area contributed by atoms with E-state index in [-0.39, 0.29) is 5.91 Å². The molecule has 1 amide bonds. The summed E-state index contributed by atoms with van der Waals surface area (Å²) in [5.41, 5.74) is 6.22. The van der Waals surface area contributed by atoms with Gasteiger partial charge in [-0.3, -0.25) is 9.59 Å². The molecule has 0 unspecified atom stereocenters. The topological polar surface area (TPSA) is 74.0 Å². The Morgan fingerprint density at radius 3 is 2.68 bits per heavy atom. The minimum atomic E-state index is -0.0684. The van der Waals surface area contributed by atoms with Gasteiger partial charge in [-0.15, -0.1) is 11.8 Å². The van der Waals surface area contributed by atoms with E-state index >= 15 is 0 Å². The summed E-state index contributed by atoms with van der Waals surface area (Å²) in [6.07, 6.45) is 4.33. The molecule has 8 heteroatoms. The quantitative estimate of drug-likeness (QED) is 0.194. The molecule has 1 aliphatic rings. The predicted molar refractivity (Wildman–Crippen MR) is 142 cm³/mol. The molecule has 176 valence electrons. The van der Waals surface area contributed by atoms with Crippen LogP contribution in [0.2, 0.25) is 10.0 Å². The zero-order valence-electron chi connectivity index (χ0n) is 18.9. The Morgan fingerprint density at radius 1 is 1.21 bits per heavy atom. The number of aromatic amines is 1. The normalized spacial score (nSPS) is 13.8. The van der Waals surface area contributed by atoms with Gasteiger partial charge in [0.2, 0.25) is 0 Å². The Kier molecular flexibility index (Phi) is 7.71. The van der Waals surface area contributed by atoms with Crippen molar-refractivity contribution < 1.29 is 9.59 Å². The van der Waals surface area contributed by atoms with E-state index in [1.165, 1.54) is 0 Å². The Labute approximate surface area is 213 Å². The first-order valence-corrected chi connectivity index (χ1v) is 12.7. The SMILES string of the molecule is CNc1ccc(SCc2c(Cl)cccc2Cl)cc1/C(C=O)=C/c1[nH]c2c(c1C)C(=O)NCCC2. The van der Waals surface area contributed by atoms with Crippen molar-refractivity contribution in [2.24, 2.45) is 0 Å². The van der Waals surface area contributed by atoms with Crippen LogP contribution in [0.15, 0.2) is 41.3 Å². The van der Waals surface area contributed by atoms with Crippen LogP contribution in [-0.2, 0) is 17.0 Å². The monoisotopic (exact) mass is 513 g/mol. The smallest absolute Gasteiger partial charge is 0.253 e. The van der Waals surface area contributed by atoms with E-state index in [9.17, 15) is 9.59 Å². The van der Waals surface area contributed by atoms with E-state index in [1.807, 2.05) is 56.4 Å². The summed E-state index contributed by atoms with van der Waals surface area (Å²) >= 11 is 14.2. The Bertz CT molecular complexity index is 1260. The zero-order chi connectivity index (χ0) is 24.2. The largest absolute Gasteiger partial charge is 0.388 e. The van der Waals surface area contributed by atoms with Gasteiger partial charge in [-0.1, -0.05) is 29.3 Å². The first-order valence-electron chi connectivity index (χ1n) is 11.0. The molecule has 4 rings (SSSR count). The Hall–Kier alpha value is -2.67. The van der Waals surface area contributed by atoms with Gasteiger partial charge in [-0.25, -0.2) is 0 Å². The van der Waals surface area contributed by atoms with E-state index < -0.39 is 0 Å². The average molecular weight is 514 g/mol. The van der Waals surface area contributed by atoms with Crippen LogP contribution in [0, 0.1) is 6.92 Å². The third-order valence-electron chi connectivity index (χ3n) is 5.93. The molecule has 0 bridgehead atoms. The number of nitrogens with one attached hydrogen (secondary N) is 3. The third kappa shape index (κ3) is 5.04. The molecular formula is C26H25Cl2N3O2S. The highest BCUT2D eigenvalue weighted by molar-refractivity contribution is 7.98. The summed E-state index contributed by atoms with van der Waals surface area (Å²) in [7, 11) is 1.82. The highest BCUT2D eigenvalue weighted by Gasteiger charge is 2.22. The summed E-state index contributed by atoms with van der Waals surface area (Å²) < 4.78 is 0. The lowest BCUT2D eigenvalue weighted by molar-refractivity contribution is -0.103. The van der Waals surface area contributed by atoms with Crippen LogP contribution in [0.5, 0.6) is 0 Å². The number of benzene rings is 2. The van der Waals surface area contributed by atoms with Gasteiger partial charge in [-0.05, 0) is 67.3 Å². The lowest BCUT2D eigenvalue weighted by atomic mass is 10.0. The van der Waals surface area contributed by atoms with Crippen LogP contribution < -0.4 is 10.6 Å². The molecule has 2 heterocycles. The zero-order valence-corrected chi connectivity index (χ0v) is 21.3. The molecule has 0 saturated heterocycles. The fourth-order valence-electron chi connectivity index (χ4n) is 4.10. The number of aromatic nitrogens is 1. The van der Waals surface area contributed by atoms with Gasteiger partial charge in [0.05, 0.1) is 5.56 Å². The molecule has 34 heavy (non-hydrogen) atoms. The van der Waals surface area contributed by atoms with Gasteiger partial charge in [0, 0.05) is 62.5 Å². The molecule has 0 fully saturated rings. The van der Waals surface area contributed by atoms with Crippen molar-refractivity contribution in [1.29, 1.82) is 0 Å². The first-order chi connectivity index (χ1) is 16.4. The fourth-order valence-corrected chi connectivity index (χ4v) is 5.78. The second-order valence-electron chi connectivity index (χ2n) is 8.04. The maximum atomic E-state index is 12.5. The Balaban J connectivity index is 1.68. The number of H-pyrrole nitrogens is 1. The molecule has 5 nitrogen and oxygen atoms in total. The summed E-state index contributed by atoms with van der Waals surface area (Å²) in [4.78, 5) is 29.0. The van der Waals surface area contributed by atoms with Crippen molar-refractivity contribution in [3.05, 3.63) is 80.1 Å². The number of halogens is 2. The Morgan fingerprint density at radius 2 is 1.97 bits per heavy atom. The number of aldehydes is 1. The summed E-state index contributed by atoms with van der Waals surface area (Å²) in [6.45, 7) is 2.58. The standard InChI is InChI=1S/C26H25Cl2N3O2S/c1-15-24(31-23-7-4-10-30-26(33)25(15)23)11-16(13-32)18-12-17(8-9-22(18)29-2)34-14-19-20(27)5-3-6-21(19)28/h3,5-6,8-9,11-13,29,31H,4,7,10,14H2,1-2H3,(H,30,33)/b16-11+. The maximum absolute atomic E-state index is 12.5. The van der Waals surface area contributed by atoms with Crippen LogP contribution in [0.1, 0.15) is 44.9 Å². The number of rotatable bonds is 7. The molecule has 1 aromatic heterocycles. The highest BCUT2D eigenvalue weighted by Crippen LogP contribution is 2.35. The van der Waals surface area contributed by atoms with E-state index in [0.29, 0.717) is 33.5 Å². The molecule has 0 atom stereocenters. The summed E-state index contributed by atoms with van der Waals surface area (Å²) in [5.74, 6) is 0.537. The summed E-state index contributed by atoms with van der Waals surface area (Å²) in [6, 6.07) is 11.4. The number of carbonyl (C=O) groups excluding carboxylic acids is 2. The van der Waals surface area contributed by atoms with Gasteiger partial charge in [0.15, 0.2) is 6.29 Å². The molecule has 2 aromatic carbocycles. The lowest BCUT2D eigenvalue weighted by Crippen LogP contribution is -2.22. The minimum Gasteiger partial charge on any atom is -0.388 e. The van der Waals surface area contributed by atoms with Crippen LogP contribution in [0.25, 0.3) is 11.6 Å². The molecule has 1 aliphatic heterocycles. The third-order valence-corrected chi connectivity index (χ3v) is 7.65. The van der Waals surface area contributed by atoms with Gasteiger partial charge >= 0.3 is 0 Å². The molecule has 0 aliphatic carbocycles. The molecular weight excluding hydrogens is 489 g/mol. The van der Waals surface area contributed by atoms with Crippen molar-refractivity contribution in [2.45, 2.75) is 30.4 Å².